The molecule has 0 fully saturated rings. The highest BCUT2D eigenvalue weighted by Crippen LogP contribution is 2.05. The SMILES string of the molecule is CCC=C(CC)OC(=O)OCCO. The molecule has 0 amide bonds. The normalized spacial score (nSPS) is 11.2. The second-order valence-electron chi connectivity index (χ2n) is 2.36. The number of hydrogen-bond acceptors (Lipinski definition) is 4. The molecule has 0 atom stereocenters. The molecule has 1 N–H and O–H groups in total. The van der Waals surface area contributed by atoms with Gasteiger partial charge in [0, 0.05) is 6.42 Å². The van der Waals surface area contributed by atoms with Crippen molar-refractivity contribution >= 4 is 6.16 Å². The molecule has 0 saturated heterocycles. The highest BCUT2D eigenvalue weighted by molar-refractivity contribution is 5.61. The molecule has 0 aromatic heterocycles. The van der Waals surface area contributed by atoms with E-state index >= 15 is 0 Å². The average molecular weight is 188 g/mol. The summed E-state index contributed by atoms with van der Waals surface area (Å²) in [5.41, 5.74) is 0. The van der Waals surface area contributed by atoms with E-state index in [0.29, 0.717) is 12.2 Å². The van der Waals surface area contributed by atoms with Crippen molar-refractivity contribution in [3.8, 4) is 0 Å². The molecule has 0 aliphatic heterocycles. The van der Waals surface area contributed by atoms with Gasteiger partial charge in [0.05, 0.1) is 6.61 Å². The highest BCUT2D eigenvalue weighted by Gasteiger charge is 2.05. The summed E-state index contributed by atoms with van der Waals surface area (Å²) in [6, 6.07) is 0. The fourth-order valence-corrected chi connectivity index (χ4v) is 0.751. The minimum absolute atomic E-state index is 0.0258. The van der Waals surface area contributed by atoms with E-state index in [9.17, 15) is 4.79 Å². The first-order valence-electron chi connectivity index (χ1n) is 4.39. The molecule has 0 aliphatic rings. The van der Waals surface area contributed by atoms with Crippen LogP contribution >= 0.6 is 0 Å². The fraction of sp³-hybridized carbons (Fsp3) is 0.667. The van der Waals surface area contributed by atoms with Crippen LogP contribution in [0.5, 0.6) is 0 Å². The van der Waals surface area contributed by atoms with Gasteiger partial charge < -0.3 is 14.6 Å². The number of carbonyl (C=O) groups is 1. The summed E-state index contributed by atoms with van der Waals surface area (Å²) in [5.74, 6) is 0.602. The predicted octanol–water partition coefficient (Wildman–Crippen LogP) is 1.84. The maximum atomic E-state index is 10.8. The molecule has 76 valence electrons. The van der Waals surface area contributed by atoms with Crippen molar-refractivity contribution in [1.82, 2.24) is 0 Å². The third-order valence-corrected chi connectivity index (χ3v) is 1.31. The van der Waals surface area contributed by atoms with Crippen LogP contribution in [0.15, 0.2) is 11.8 Å². The summed E-state index contributed by atoms with van der Waals surface area (Å²) >= 11 is 0. The lowest BCUT2D eigenvalue weighted by Gasteiger charge is -2.06. The van der Waals surface area contributed by atoms with E-state index in [2.05, 4.69) is 4.74 Å². The lowest BCUT2D eigenvalue weighted by molar-refractivity contribution is 0.0607. The summed E-state index contributed by atoms with van der Waals surface area (Å²) in [6.45, 7) is 3.63. The standard InChI is InChI=1S/C9H16O4/c1-3-5-8(4-2)13-9(11)12-7-6-10/h5,10H,3-4,6-7H2,1-2H3. The zero-order valence-electron chi connectivity index (χ0n) is 8.08. The largest absolute Gasteiger partial charge is 0.513 e. The van der Waals surface area contributed by atoms with Crippen LogP contribution in [0, 0.1) is 0 Å². The predicted molar refractivity (Wildman–Crippen MR) is 48.2 cm³/mol. The van der Waals surface area contributed by atoms with Gasteiger partial charge in [-0.3, -0.25) is 0 Å². The third kappa shape index (κ3) is 6.16. The van der Waals surface area contributed by atoms with Crippen molar-refractivity contribution in [3.63, 3.8) is 0 Å². The van der Waals surface area contributed by atoms with Crippen LogP contribution in [0.3, 0.4) is 0 Å². The van der Waals surface area contributed by atoms with Gasteiger partial charge in [-0.1, -0.05) is 13.8 Å². The Hall–Kier alpha value is -1.03. The van der Waals surface area contributed by atoms with E-state index in [0.717, 1.165) is 6.42 Å². The van der Waals surface area contributed by atoms with Crippen LogP contribution in [-0.2, 0) is 9.47 Å². The van der Waals surface area contributed by atoms with Crippen LogP contribution < -0.4 is 0 Å². The van der Waals surface area contributed by atoms with Gasteiger partial charge in [-0.25, -0.2) is 4.79 Å². The average Bonchev–Trinajstić information content (AvgIpc) is 2.14. The number of carbonyl (C=O) groups excluding carboxylic acids is 1. The molecule has 0 saturated carbocycles. The number of aliphatic hydroxyl groups is 1. The Kier molecular flexibility index (Phi) is 7.01. The van der Waals surface area contributed by atoms with E-state index in [1.807, 2.05) is 19.9 Å². The molecule has 0 unspecified atom stereocenters. The van der Waals surface area contributed by atoms with Crippen LogP contribution in [0.1, 0.15) is 26.7 Å². The van der Waals surface area contributed by atoms with Crippen molar-refractivity contribution in [1.29, 1.82) is 0 Å². The highest BCUT2D eigenvalue weighted by atomic mass is 16.7. The lowest BCUT2D eigenvalue weighted by Crippen LogP contribution is -2.10. The number of hydrogen-bond donors (Lipinski definition) is 1. The molecular weight excluding hydrogens is 172 g/mol. The Morgan fingerprint density at radius 3 is 2.62 bits per heavy atom. The van der Waals surface area contributed by atoms with Gasteiger partial charge in [0.15, 0.2) is 0 Å². The number of aliphatic hydroxyl groups excluding tert-OH is 1. The number of ether oxygens (including phenoxy) is 2. The zero-order chi connectivity index (χ0) is 10.1. The van der Waals surface area contributed by atoms with Crippen molar-refractivity contribution in [3.05, 3.63) is 11.8 Å². The van der Waals surface area contributed by atoms with E-state index in [4.69, 9.17) is 9.84 Å². The lowest BCUT2D eigenvalue weighted by atomic mass is 10.3. The molecule has 0 aromatic carbocycles. The van der Waals surface area contributed by atoms with Crippen LogP contribution in [0.2, 0.25) is 0 Å². The second kappa shape index (κ2) is 7.61. The molecule has 13 heavy (non-hydrogen) atoms. The van der Waals surface area contributed by atoms with Gasteiger partial charge in [-0.2, -0.15) is 0 Å². The van der Waals surface area contributed by atoms with Gasteiger partial charge >= 0.3 is 6.16 Å². The zero-order valence-corrected chi connectivity index (χ0v) is 8.08. The van der Waals surface area contributed by atoms with Crippen molar-refractivity contribution in [2.45, 2.75) is 26.7 Å². The second-order valence-corrected chi connectivity index (χ2v) is 2.36. The molecule has 4 heteroatoms. The first kappa shape index (κ1) is 12.0. The third-order valence-electron chi connectivity index (χ3n) is 1.31. The molecular formula is C9H16O4. The van der Waals surface area contributed by atoms with E-state index in [1.54, 1.807) is 0 Å². The van der Waals surface area contributed by atoms with Crippen molar-refractivity contribution in [2.75, 3.05) is 13.2 Å². The van der Waals surface area contributed by atoms with Gasteiger partial charge in [0.25, 0.3) is 0 Å². The Morgan fingerprint density at radius 1 is 1.46 bits per heavy atom. The topological polar surface area (TPSA) is 55.8 Å². The monoisotopic (exact) mass is 188 g/mol. The molecule has 0 radical (unpaired) electrons. The summed E-state index contributed by atoms with van der Waals surface area (Å²) in [4.78, 5) is 10.8. The molecule has 0 aliphatic carbocycles. The molecule has 4 nitrogen and oxygen atoms in total. The first-order valence-corrected chi connectivity index (χ1v) is 4.39. The van der Waals surface area contributed by atoms with Crippen molar-refractivity contribution < 1.29 is 19.4 Å². The van der Waals surface area contributed by atoms with E-state index in [1.165, 1.54) is 0 Å². The Labute approximate surface area is 78.2 Å². The first-order chi connectivity index (χ1) is 6.24. The maximum Gasteiger partial charge on any atom is 0.513 e. The van der Waals surface area contributed by atoms with Crippen LogP contribution in [0.4, 0.5) is 4.79 Å². The van der Waals surface area contributed by atoms with Crippen molar-refractivity contribution in [2.24, 2.45) is 0 Å². The van der Waals surface area contributed by atoms with Gasteiger partial charge in [0.1, 0.15) is 12.4 Å². The summed E-state index contributed by atoms with van der Waals surface area (Å²) in [6.07, 6.45) is 2.54. The summed E-state index contributed by atoms with van der Waals surface area (Å²) < 4.78 is 9.35. The molecule has 0 aromatic rings. The van der Waals surface area contributed by atoms with Gasteiger partial charge in [-0.05, 0) is 12.5 Å². The van der Waals surface area contributed by atoms with Crippen LogP contribution in [-0.4, -0.2) is 24.5 Å². The van der Waals surface area contributed by atoms with Gasteiger partial charge in [-0.15, -0.1) is 0 Å². The summed E-state index contributed by atoms with van der Waals surface area (Å²) in [5, 5.41) is 8.36. The number of allylic oxidation sites excluding steroid dienone is 2. The van der Waals surface area contributed by atoms with E-state index in [-0.39, 0.29) is 13.2 Å². The molecule has 0 rings (SSSR count). The minimum Gasteiger partial charge on any atom is -0.432 e. The Bertz CT molecular complexity index is 174. The Morgan fingerprint density at radius 2 is 2.15 bits per heavy atom. The Balaban J connectivity index is 3.80. The van der Waals surface area contributed by atoms with Crippen LogP contribution in [0.25, 0.3) is 0 Å². The quantitative estimate of drug-likeness (QED) is 0.528. The summed E-state index contributed by atoms with van der Waals surface area (Å²) in [7, 11) is 0. The smallest absolute Gasteiger partial charge is 0.432 e. The fourth-order valence-electron chi connectivity index (χ4n) is 0.751. The molecule has 0 spiro atoms. The number of rotatable bonds is 5. The van der Waals surface area contributed by atoms with Gasteiger partial charge in [0.2, 0.25) is 0 Å². The molecule has 0 bridgehead atoms. The molecule has 0 heterocycles. The maximum absolute atomic E-state index is 10.8. The minimum atomic E-state index is -0.754. The van der Waals surface area contributed by atoms with E-state index < -0.39 is 6.16 Å².